The highest BCUT2D eigenvalue weighted by Gasteiger charge is 2.24. The van der Waals surface area contributed by atoms with Gasteiger partial charge in [-0.3, -0.25) is 14.6 Å². The lowest BCUT2D eigenvalue weighted by Crippen LogP contribution is -2.45. The lowest BCUT2D eigenvalue weighted by atomic mass is 10.1. The first kappa shape index (κ1) is 24.7. The summed E-state index contributed by atoms with van der Waals surface area (Å²) in [7, 11) is 0. The van der Waals surface area contributed by atoms with Crippen LogP contribution in [0.4, 0.5) is 0 Å². The molecule has 1 unspecified atom stereocenters. The first-order valence-electron chi connectivity index (χ1n) is 10.8. The fourth-order valence-corrected chi connectivity index (χ4v) is 4.83. The van der Waals surface area contributed by atoms with E-state index in [1.54, 1.807) is 42.6 Å². The Bertz CT molecular complexity index is 1180. The van der Waals surface area contributed by atoms with Crippen LogP contribution in [0, 0.1) is 0 Å². The summed E-state index contributed by atoms with van der Waals surface area (Å²) in [5, 5.41) is 14.1. The van der Waals surface area contributed by atoms with E-state index >= 15 is 0 Å². The summed E-state index contributed by atoms with van der Waals surface area (Å²) in [4.78, 5) is 33.4. The number of piperidine rings is 1. The maximum Gasteiger partial charge on any atom is 0.305 e. The molecule has 1 fully saturated rings. The maximum atomic E-state index is 12.7. The molecular weight excluding hydrogens is 499 g/mol. The zero-order chi connectivity index (χ0) is 24.1. The van der Waals surface area contributed by atoms with Gasteiger partial charge in [0.2, 0.25) is 0 Å². The van der Waals surface area contributed by atoms with Crippen molar-refractivity contribution in [1.82, 2.24) is 20.2 Å². The Morgan fingerprint density at radius 1 is 1.26 bits per heavy atom. The summed E-state index contributed by atoms with van der Waals surface area (Å²) < 4.78 is 6.00. The number of likely N-dealkylation sites (tertiary alicyclic amines) is 1. The van der Waals surface area contributed by atoms with Gasteiger partial charge < -0.3 is 25.0 Å². The molecule has 0 bridgehead atoms. The minimum absolute atomic E-state index is 0.0618. The number of carbonyl (C=O) groups excluding carboxylic acids is 1. The van der Waals surface area contributed by atoms with Gasteiger partial charge in [0, 0.05) is 38.4 Å². The lowest BCUT2D eigenvalue weighted by molar-refractivity contribution is 0.0594. The number of β-amino-alcohol motifs (C(OH)–C–C–N with tert-alkyl or cyclic N) is 1. The summed E-state index contributed by atoms with van der Waals surface area (Å²) >= 11 is 12.8. The Morgan fingerprint density at radius 2 is 2.06 bits per heavy atom. The Balaban J connectivity index is 1.24. The third-order valence-electron chi connectivity index (χ3n) is 5.47. The molecule has 1 atom stereocenters. The van der Waals surface area contributed by atoms with Crippen molar-refractivity contribution in [3.05, 3.63) is 67.2 Å². The van der Waals surface area contributed by atoms with Crippen molar-refractivity contribution in [3.8, 4) is 17.1 Å². The van der Waals surface area contributed by atoms with E-state index in [1.807, 2.05) is 0 Å². The highest BCUT2D eigenvalue weighted by atomic mass is 35.5. The van der Waals surface area contributed by atoms with Crippen molar-refractivity contribution in [3.63, 3.8) is 0 Å². The number of hydrogen-bond donors (Lipinski definition) is 3. The molecule has 1 aliphatic rings. The summed E-state index contributed by atoms with van der Waals surface area (Å²) in [5.41, 5.74) is 0.893. The number of aliphatic hydroxyl groups is 1. The number of benzene rings is 1. The molecular formula is C23H24Cl2N4O4S. The number of ether oxygens (including phenoxy) is 1. The standard InChI is InChI=1S/C23H24Cl2N4O4S/c24-17-5-4-16(11-18(17)25)33-15-6-9-29(10-7-15)13-14(30)12-27-22(31)21-20(28-23(32)34-21)19-3-1-2-8-26-19/h1-5,8,11,14-15,30H,6-7,9-10,12-13H2,(H,27,31)(H,28,32). The molecule has 1 amide bonds. The minimum Gasteiger partial charge on any atom is -0.490 e. The number of hydrogen-bond acceptors (Lipinski definition) is 7. The van der Waals surface area contributed by atoms with Crippen molar-refractivity contribution in [2.24, 2.45) is 0 Å². The number of thiazole rings is 1. The lowest BCUT2D eigenvalue weighted by Gasteiger charge is -2.33. The number of amides is 1. The number of nitrogens with zero attached hydrogens (tertiary/aromatic N) is 2. The van der Waals surface area contributed by atoms with Crippen LogP contribution in [-0.2, 0) is 0 Å². The molecule has 0 saturated carbocycles. The summed E-state index contributed by atoms with van der Waals surface area (Å²) in [6.45, 7) is 2.03. The molecule has 1 saturated heterocycles. The summed E-state index contributed by atoms with van der Waals surface area (Å²) in [6.07, 6.45) is 2.53. The number of aromatic amines is 1. The molecule has 8 nitrogen and oxygen atoms in total. The van der Waals surface area contributed by atoms with E-state index in [0.29, 0.717) is 33.7 Å². The number of H-pyrrole nitrogens is 1. The average Bonchev–Trinajstić information content (AvgIpc) is 3.23. The van der Waals surface area contributed by atoms with Crippen LogP contribution < -0.4 is 14.9 Å². The predicted octanol–water partition coefficient (Wildman–Crippen LogP) is 3.44. The van der Waals surface area contributed by atoms with Crippen molar-refractivity contribution in [2.45, 2.75) is 25.0 Å². The number of nitrogens with one attached hydrogen (secondary N) is 2. The summed E-state index contributed by atoms with van der Waals surface area (Å²) in [5.74, 6) is 0.268. The Kier molecular flexibility index (Phi) is 8.23. The number of aliphatic hydroxyl groups excluding tert-OH is 1. The van der Waals surface area contributed by atoms with E-state index in [2.05, 4.69) is 20.2 Å². The van der Waals surface area contributed by atoms with Crippen LogP contribution in [0.3, 0.4) is 0 Å². The first-order valence-corrected chi connectivity index (χ1v) is 12.4. The van der Waals surface area contributed by atoms with Crippen LogP contribution in [0.25, 0.3) is 11.4 Å². The second kappa shape index (κ2) is 11.3. The van der Waals surface area contributed by atoms with Crippen LogP contribution in [0.5, 0.6) is 5.75 Å². The van der Waals surface area contributed by atoms with E-state index < -0.39 is 12.0 Å². The molecule has 1 aliphatic heterocycles. The average molecular weight is 523 g/mol. The van der Waals surface area contributed by atoms with Crippen LogP contribution in [0.15, 0.2) is 47.4 Å². The van der Waals surface area contributed by atoms with Gasteiger partial charge in [-0.25, -0.2) is 0 Å². The monoisotopic (exact) mass is 522 g/mol. The van der Waals surface area contributed by atoms with Gasteiger partial charge >= 0.3 is 4.87 Å². The molecule has 2 aromatic heterocycles. The third-order valence-corrected chi connectivity index (χ3v) is 7.09. The number of carbonyl (C=O) groups is 1. The maximum absolute atomic E-state index is 12.7. The molecule has 0 radical (unpaired) electrons. The Hall–Kier alpha value is -2.43. The third kappa shape index (κ3) is 6.37. The molecule has 0 aliphatic carbocycles. The molecule has 4 rings (SSSR count). The van der Waals surface area contributed by atoms with Crippen LogP contribution >= 0.6 is 34.5 Å². The van der Waals surface area contributed by atoms with Crippen LogP contribution in [0.2, 0.25) is 10.0 Å². The van der Waals surface area contributed by atoms with Crippen LogP contribution in [-0.4, -0.2) is 64.3 Å². The molecule has 180 valence electrons. The Morgan fingerprint density at radius 3 is 2.76 bits per heavy atom. The zero-order valence-corrected chi connectivity index (χ0v) is 20.5. The number of rotatable bonds is 8. The van der Waals surface area contributed by atoms with Crippen molar-refractivity contribution in [1.29, 1.82) is 0 Å². The first-order chi connectivity index (χ1) is 16.4. The molecule has 11 heteroatoms. The fourth-order valence-electron chi connectivity index (χ4n) is 3.78. The molecule has 34 heavy (non-hydrogen) atoms. The zero-order valence-electron chi connectivity index (χ0n) is 18.2. The second-order valence-electron chi connectivity index (χ2n) is 7.99. The number of halogens is 2. The second-order valence-corrected chi connectivity index (χ2v) is 9.79. The minimum atomic E-state index is -0.745. The topological polar surface area (TPSA) is 108 Å². The van der Waals surface area contributed by atoms with Crippen LogP contribution in [0.1, 0.15) is 22.5 Å². The normalized spacial score (nSPS) is 15.7. The van der Waals surface area contributed by atoms with E-state index in [9.17, 15) is 14.7 Å². The van der Waals surface area contributed by atoms with Gasteiger partial charge in [-0.15, -0.1) is 0 Å². The largest absolute Gasteiger partial charge is 0.490 e. The Labute approximate surface area is 210 Å². The van der Waals surface area contributed by atoms with Gasteiger partial charge in [0.15, 0.2) is 0 Å². The van der Waals surface area contributed by atoms with Gasteiger partial charge in [-0.05, 0) is 37.1 Å². The van der Waals surface area contributed by atoms with E-state index in [-0.39, 0.29) is 22.4 Å². The predicted molar refractivity (Wildman–Crippen MR) is 133 cm³/mol. The fraction of sp³-hybridized carbons (Fsp3) is 0.348. The van der Waals surface area contributed by atoms with Gasteiger partial charge in [0.25, 0.3) is 5.91 Å². The van der Waals surface area contributed by atoms with Crippen molar-refractivity contribution < 1.29 is 14.6 Å². The van der Waals surface area contributed by atoms with Crippen molar-refractivity contribution >= 4 is 40.4 Å². The molecule has 0 spiro atoms. The molecule has 3 heterocycles. The highest BCUT2D eigenvalue weighted by Crippen LogP contribution is 2.28. The van der Waals surface area contributed by atoms with E-state index in [1.165, 1.54) is 0 Å². The SMILES string of the molecule is O=C(NCC(O)CN1CCC(Oc2ccc(Cl)c(Cl)c2)CC1)c1sc(=O)[nH]c1-c1ccccn1. The van der Waals surface area contributed by atoms with E-state index in [4.69, 9.17) is 27.9 Å². The summed E-state index contributed by atoms with van der Waals surface area (Å²) in [6, 6.07) is 10.5. The molecule has 3 N–H and O–H groups in total. The van der Waals surface area contributed by atoms with E-state index in [0.717, 1.165) is 37.3 Å². The smallest absolute Gasteiger partial charge is 0.305 e. The molecule has 3 aromatic rings. The molecule has 1 aromatic carbocycles. The van der Waals surface area contributed by atoms with Gasteiger partial charge in [0.05, 0.1) is 27.5 Å². The van der Waals surface area contributed by atoms with Gasteiger partial charge in [0.1, 0.15) is 16.7 Å². The highest BCUT2D eigenvalue weighted by molar-refractivity contribution is 7.11. The van der Waals surface area contributed by atoms with Gasteiger partial charge in [-0.2, -0.15) is 0 Å². The van der Waals surface area contributed by atoms with Crippen molar-refractivity contribution in [2.75, 3.05) is 26.2 Å². The number of pyridine rings is 1. The van der Waals surface area contributed by atoms with Gasteiger partial charge in [-0.1, -0.05) is 40.6 Å². The number of aromatic nitrogens is 2. The quantitative estimate of drug-likeness (QED) is 0.418.